The Hall–Kier alpha value is -1.66. The van der Waals surface area contributed by atoms with Crippen molar-refractivity contribution in [3.05, 3.63) is 40.3 Å². The molecule has 0 radical (unpaired) electrons. The van der Waals surface area contributed by atoms with Crippen molar-refractivity contribution in [2.75, 3.05) is 13.7 Å². The molecule has 126 valence electrons. The van der Waals surface area contributed by atoms with E-state index in [4.69, 9.17) is 0 Å². The van der Waals surface area contributed by atoms with E-state index in [0.717, 1.165) is 18.4 Å². The van der Waals surface area contributed by atoms with E-state index in [9.17, 15) is 13.2 Å². The van der Waals surface area contributed by atoms with Gasteiger partial charge in [0.1, 0.15) is 0 Å². The van der Waals surface area contributed by atoms with Crippen LogP contribution in [0.25, 0.3) is 6.08 Å². The predicted molar refractivity (Wildman–Crippen MR) is 90.1 cm³/mol. The van der Waals surface area contributed by atoms with E-state index in [1.165, 1.54) is 12.7 Å². The monoisotopic (exact) mass is 337 g/mol. The minimum Gasteiger partial charge on any atom is -0.469 e. The summed E-state index contributed by atoms with van der Waals surface area (Å²) in [6.07, 6.45) is 5.64. The van der Waals surface area contributed by atoms with Crippen molar-refractivity contribution < 1.29 is 17.9 Å². The number of allylic oxidation sites excluding steroid dienone is 1. The first-order valence-corrected chi connectivity index (χ1v) is 9.36. The van der Waals surface area contributed by atoms with Gasteiger partial charge >= 0.3 is 5.97 Å². The number of methoxy groups -OCH3 is 1. The molecule has 1 N–H and O–H groups in total. The van der Waals surface area contributed by atoms with Gasteiger partial charge in [-0.05, 0) is 42.9 Å². The largest absolute Gasteiger partial charge is 0.469 e. The second-order valence-corrected chi connectivity index (χ2v) is 7.41. The fourth-order valence-corrected chi connectivity index (χ4v) is 3.84. The normalized spacial score (nSPS) is 14.0. The maximum Gasteiger partial charge on any atom is 0.305 e. The molecule has 1 aliphatic rings. The predicted octanol–water partition coefficient (Wildman–Crippen LogP) is 2.63. The van der Waals surface area contributed by atoms with E-state index in [0.29, 0.717) is 37.1 Å². The molecule has 0 bridgehead atoms. The van der Waals surface area contributed by atoms with Crippen molar-refractivity contribution >= 4 is 22.1 Å². The van der Waals surface area contributed by atoms with Gasteiger partial charge in [-0.25, -0.2) is 13.1 Å². The molecular formula is C17H23NO4S. The van der Waals surface area contributed by atoms with Crippen molar-refractivity contribution in [1.29, 1.82) is 0 Å². The van der Waals surface area contributed by atoms with E-state index in [1.807, 2.05) is 24.3 Å². The number of aryl methyl sites for hydroxylation is 1. The maximum absolute atomic E-state index is 12.3. The number of esters is 1. The van der Waals surface area contributed by atoms with Crippen LogP contribution in [0.4, 0.5) is 0 Å². The highest BCUT2D eigenvalue weighted by molar-refractivity contribution is 7.93. The molecule has 0 saturated carbocycles. The average molecular weight is 337 g/mol. The van der Waals surface area contributed by atoms with Crippen molar-refractivity contribution in [3.63, 3.8) is 0 Å². The lowest BCUT2D eigenvalue weighted by molar-refractivity contribution is -0.140. The number of rotatable bonds is 8. The third-order valence-corrected chi connectivity index (χ3v) is 5.53. The molecule has 0 saturated heterocycles. The van der Waals surface area contributed by atoms with Gasteiger partial charge in [0, 0.05) is 13.0 Å². The summed E-state index contributed by atoms with van der Waals surface area (Å²) >= 11 is 0. The summed E-state index contributed by atoms with van der Waals surface area (Å²) < 4.78 is 31.9. The van der Waals surface area contributed by atoms with Crippen LogP contribution in [0.1, 0.15) is 43.2 Å². The lowest BCUT2D eigenvalue weighted by Gasteiger charge is -2.17. The van der Waals surface area contributed by atoms with Crippen molar-refractivity contribution in [3.8, 4) is 0 Å². The number of ether oxygens (including phenoxy) is 1. The SMILES string of the molecule is COC(=O)CCCCCNS(=O)(=O)C1=Cc2ccccc2CC1. The number of fused-ring (bicyclic) bond motifs is 1. The fraction of sp³-hybridized carbons (Fsp3) is 0.471. The molecule has 0 unspecified atom stereocenters. The number of unbranched alkanes of at least 4 members (excludes halogenated alkanes) is 2. The maximum atomic E-state index is 12.3. The lowest BCUT2D eigenvalue weighted by Crippen LogP contribution is -2.27. The van der Waals surface area contributed by atoms with Gasteiger partial charge in [0.2, 0.25) is 10.0 Å². The molecule has 0 atom stereocenters. The zero-order valence-electron chi connectivity index (χ0n) is 13.4. The van der Waals surface area contributed by atoms with E-state index >= 15 is 0 Å². The number of nitrogens with one attached hydrogen (secondary N) is 1. The van der Waals surface area contributed by atoms with Crippen molar-refractivity contribution in [2.24, 2.45) is 0 Å². The Morgan fingerprint density at radius 3 is 2.74 bits per heavy atom. The van der Waals surface area contributed by atoms with Gasteiger partial charge in [-0.1, -0.05) is 30.7 Å². The van der Waals surface area contributed by atoms with Gasteiger partial charge in [0.15, 0.2) is 0 Å². The van der Waals surface area contributed by atoms with Gasteiger partial charge in [-0.15, -0.1) is 0 Å². The van der Waals surface area contributed by atoms with Crippen LogP contribution in [0, 0.1) is 0 Å². The van der Waals surface area contributed by atoms with Gasteiger partial charge in [0.05, 0.1) is 12.0 Å². The molecule has 1 aromatic carbocycles. The zero-order valence-corrected chi connectivity index (χ0v) is 14.2. The van der Waals surface area contributed by atoms with Crippen molar-refractivity contribution in [2.45, 2.75) is 38.5 Å². The van der Waals surface area contributed by atoms with Crippen LogP contribution in [-0.4, -0.2) is 28.0 Å². The number of carbonyl (C=O) groups excluding carboxylic acids is 1. The molecule has 23 heavy (non-hydrogen) atoms. The summed E-state index contributed by atoms with van der Waals surface area (Å²) in [6, 6.07) is 7.86. The lowest BCUT2D eigenvalue weighted by atomic mass is 9.98. The molecule has 6 heteroatoms. The van der Waals surface area contributed by atoms with E-state index in [2.05, 4.69) is 9.46 Å². The Bertz CT molecular complexity index is 680. The highest BCUT2D eigenvalue weighted by Gasteiger charge is 2.20. The minimum atomic E-state index is -3.41. The molecular weight excluding hydrogens is 314 g/mol. The van der Waals surface area contributed by atoms with Crippen LogP contribution in [0.5, 0.6) is 0 Å². The fourth-order valence-electron chi connectivity index (χ4n) is 2.59. The Labute approximate surface area is 137 Å². The summed E-state index contributed by atoms with van der Waals surface area (Å²) in [4.78, 5) is 11.4. The van der Waals surface area contributed by atoms with Crippen LogP contribution >= 0.6 is 0 Å². The van der Waals surface area contributed by atoms with Crippen LogP contribution in [0.15, 0.2) is 29.2 Å². The van der Waals surface area contributed by atoms with E-state index < -0.39 is 10.0 Å². The first-order chi connectivity index (χ1) is 11.0. The van der Waals surface area contributed by atoms with Gasteiger partial charge < -0.3 is 4.74 Å². The molecule has 0 aromatic heterocycles. The van der Waals surface area contributed by atoms with E-state index in [1.54, 1.807) is 6.08 Å². The Morgan fingerprint density at radius 1 is 1.17 bits per heavy atom. The van der Waals surface area contributed by atoms with Crippen LogP contribution in [0.3, 0.4) is 0 Å². The molecule has 2 rings (SSSR count). The van der Waals surface area contributed by atoms with Crippen LogP contribution in [0.2, 0.25) is 0 Å². The van der Waals surface area contributed by atoms with Crippen LogP contribution in [-0.2, 0) is 26.0 Å². The molecule has 1 aliphatic carbocycles. The molecule has 0 spiro atoms. The summed E-state index contributed by atoms with van der Waals surface area (Å²) in [7, 11) is -2.05. The number of sulfonamides is 1. The van der Waals surface area contributed by atoms with Crippen molar-refractivity contribution in [1.82, 2.24) is 4.72 Å². The first-order valence-electron chi connectivity index (χ1n) is 7.88. The molecule has 0 aliphatic heterocycles. The molecule has 0 fully saturated rings. The second kappa shape index (κ2) is 8.26. The Morgan fingerprint density at radius 2 is 1.96 bits per heavy atom. The summed E-state index contributed by atoms with van der Waals surface area (Å²) in [5, 5.41) is 0. The molecule has 0 heterocycles. The molecule has 1 aromatic rings. The van der Waals surface area contributed by atoms with Gasteiger partial charge in [-0.2, -0.15) is 0 Å². The summed E-state index contributed by atoms with van der Waals surface area (Å²) in [5.41, 5.74) is 2.17. The standard InChI is InChI=1S/C17H23NO4S/c1-22-17(19)9-3-2-6-12-18-23(20,21)16-11-10-14-7-4-5-8-15(14)13-16/h4-5,7-8,13,18H,2-3,6,9-12H2,1H3. The quantitative estimate of drug-likeness (QED) is 0.585. The highest BCUT2D eigenvalue weighted by atomic mass is 32.2. The third kappa shape index (κ3) is 5.18. The summed E-state index contributed by atoms with van der Waals surface area (Å²) in [6.45, 7) is 0.391. The van der Waals surface area contributed by atoms with E-state index in [-0.39, 0.29) is 5.97 Å². The van der Waals surface area contributed by atoms with Crippen LogP contribution < -0.4 is 4.72 Å². The zero-order chi connectivity index (χ0) is 16.7. The van der Waals surface area contributed by atoms with Gasteiger partial charge in [-0.3, -0.25) is 4.79 Å². The first kappa shape index (κ1) is 17.7. The average Bonchev–Trinajstić information content (AvgIpc) is 2.57. The molecule has 0 amide bonds. The Balaban J connectivity index is 1.81. The number of hydrogen-bond acceptors (Lipinski definition) is 4. The minimum absolute atomic E-state index is 0.225. The summed E-state index contributed by atoms with van der Waals surface area (Å²) in [5.74, 6) is -0.225. The highest BCUT2D eigenvalue weighted by Crippen LogP contribution is 2.26. The number of benzene rings is 1. The molecule has 5 nitrogen and oxygen atoms in total. The number of carbonyl (C=O) groups is 1. The van der Waals surface area contributed by atoms with Gasteiger partial charge in [0.25, 0.3) is 0 Å². The number of hydrogen-bond donors (Lipinski definition) is 1. The smallest absolute Gasteiger partial charge is 0.305 e. The third-order valence-electron chi connectivity index (χ3n) is 3.93. The Kier molecular flexibility index (Phi) is 6.36. The second-order valence-electron chi connectivity index (χ2n) is 5.59. The topological polar surface area (TPSA) is 72.5 Å².